The topological polar surface area (TPSA) is 46.6 Å². The highest BCUT2D eigenvalue weighted by Crippen LogP contribution is 2.46. The second-order valence-electron chi connectivity index (χ2n) is 6.74. The molecule has 0 N–H and O–H groups in total. The average molecular weight is 303 g/mol. The van der Waals surface area contributed by atoms with Crippen LogP contribution in [0.2, 0.25) is 0 Å². The molecule has 0 radical (unpaired) electrons. The minimum atomic E-state index is -0.455. The number of carbonyl (C=O) groups excluding carboxylic acids is 2. The Bertz CT molecular complexity index is 559. The molecule has 1 saturated heterocycles. The molecule has 0 aromatic rings. The molecule has 0 spiro atoms. The van der Waals surface area contributed by atoms with E-state index >= 15 is 0 Å². The van der Waals surface area contributed by atoms with Crippen molar-refractivity contribution in [1.82, 2.24) is 4.90 Å². The standard InChI is InChI=1S/C18H25NO3/c1-12(2)17(21)22-10-6-7-14-11-15-16(20)18(4,13(14)3)8-9-19(15)5/h6-7,10,12,15H,3,8-9,11H2,1-2,4-5H3. The second-order valence-corrected chi connectivity index (χ2v) is 6.74. The number of carbonyl (C=O) groups is 2. The minimum absolute atomic E-state index is 0.0675. The van der Waals surface area contributed by atoms with Gasteiger partial charge in [-0.05, 0) is 50.6 Å². The van der Waals surface area contributed by atoms with Gasteiger partial charge in [-0.1, -0.05) is 26.5 Å². The quantitative estimate of drug-likeness (QED) is 0.594. The smallest absolute Gasteiger partial charge is 0.313 e. The SMILES string of the molecule is C=C1C(=CC=COC(=O)C(C)C)CC2C(=O)C1(C)CCN2C. The highest BCUT2D eigenvalue weighted by atomic mass is 16.5. The number of likely N-dealkylation sites (tertiary alicyclic amines) is 1. The third-order valence-corrected chi connectivity index (χ3v) is 4.84. The van der Waals surface area contributed by atoms with Gasteiger partial charge in [0, 0.05) is 0 Å². The van der Waals surface area contributed by atoms with Crippen LogP contribution < -0.4 is 0 Å². The first-order chi connectivity index (χ1) is 10.3. The summed E-state index contributed by atoms with van der Waals surface area (Å²) in [6.45, 7) is 10.7. The molecule has 2 unspecified atom stereocenters. The first-order valence-electron chi connectivity index (χ1n) is 7.78. The summed E-state index contributed by atoms with van der Waals surface area (Å²) < 4.78 is 5.02. The van der Waals surface area contributed by atoms with Gasteiger partial charge in [0.2, 0.25) is 0 Å². The zero-order valence-corrected chi connectivity index (χ0v) is 13.9. The van der Waals surface area contributed by atoms with Crippen LogP contribution in [0, 0.1) is 11.3 Å². The van der Waals surface area contributed by atoms with Gasteiger partial charge >= 0.3 is 5.97 Å². The molecule has 4 heteroatoms. The fourth-order valence-corrected chi connectivity index (χ4v) is 3.05. The van der Waals surface area contributed by atoms with Crippen LogP contribution in [-0.4, -0.2) is 36.3 Å². The molecule has 0 aromatic carbocycles. The third kappa shape index (κ3) is 2.93. The van der Waals surface area contributed by atoms with E-state index in [0.29, 0.717) is 6.42 Å². The molecule has 0 aromatic heterocycles. The maximum Gasteiger partial charge on any atom is 0.313 e. The van der Waals surface area contributed by atoms with E-state index < -0.39 is 5.41 Å². The summed E-state index contributed by atoms with van der Waals surface area (Å²) in [6.07, 6.45) is 6.51. The third-order valence-electron chi connectivity index (χ3n) is 4.84. The van der Waals surface area contributed by atoms with Crippen LogP contribution in [-0.2, 0) is 14.3 Å². The molecule has 2 fully saturated rings. The summed E-state index contributed by atoms with van der Waals surface area (Å²) in [7, 11) is 1.99. The van der Waals surface area contributed by atoms with Crippen LogP contribution in [0.25, 0.3) is 0 Å². The van der Waals surface area contributed by atoms with E-state index in [1.54, 1.807) is 19.9 Å². The summed E-state index contributed by atoms with van der Waals surface area (Å²) >= 11 is 0. The molecular weight excluding hydrogens is 278 g/mol. The number of rotatable bonds is 3. The number of hydrogen-bond donors (Lipinski definition) is 0. The van der Waals surface area contributed by atoms with Crippen molar-refractivity contribution in [2.45, 2.75) is 39.7 Å². The van der Waals surface area contributed by atoms with Crippen molar-refractivity contribution in [3.63, 3.8) is 0 Å². The van der Waals surface area contributed by atoms with Gasteiger partial charge in [0.15, 0.2) is 5.78 Å². The molecule has 2 rings (SSSR count). The van der Waals surface area contributed by atoms with Crippen molar-refractivity contribution in [2.75, 3.05) is 13.6 Å². The molecule has 1 aliphatic heterocycles. The van der Waals surface area contributed by atoms with Gasteiger partial charge in [-0.25, -0.2) is 0 Å². The van der Waals surface area contributed by atoms with E-state index in [1.807, 2.05) is 20.0 Å². The van der Waals surface area contributed by atoms with Gasteiger partial charge < -0.3 is 4.74 Å². The van der Waals surface area contributed by atoms with E-state index in [2.05, 4.69) is 11.5 Å². The summed E-state index contributed by atoms with van der Waals surface area (Å²) in [5, 5.41) is 0. The lowest BCUT2D eigenvalue weighted by Crippen LogP contribution is -2.56. The van der Waals surface area contributed by atoms with Gasteiger partial charge in [-0.2, -0.15) is 0 Å². The van der Waals surface area contributed by atoms with Crippen LogP contribution >= 0.6 is 0 Å². The Balaban J connectivity index is 2.13. The predicted octanol–water partition coefficient (Wildman–Crippen LogP) is 2.87. The average Bonchev–Trinajstić information content (AvgIpc) is 2.47. The van der Waals surface area contributed by atoms with E-state index in [9.17, 15) is 9.59 Å². The highest BCUT2D eigenvalue weighted by Gasteiger charge is 2.49. The number of Topliss-reactive ketones (excluding diaryl/α,β-unsaturated/α-hetero) is 1. The van der Waals surface area contributed by atoms with Crippen molar-refractivity contribution >= 4 is 11.8 Å². The molecule has 120 valence electrons. The van der Waals surface area contributed by atoms with E-state index in [1.165, 1.54) is 6.26 Å². The molecule has 4 nitrogen and oxygen atoms in total. The fourth-order valence-electron chi connectivity index (χ4n) is 3.05. The Kier molecular flexibility index (Phi) is 4.71. The van der Waals surface area contributed by atoms with Crippen LogP contribution in [0.3, 0.4) is 0 Å². The number of piperidine rings is 1. The second kappa shape index (κ2) is 6.21. The van der Waals surface area contributed by atoms with Crippen molar-refractivity contribution < 1.29 is 14.3 Å². The van der Waals surface area contributed by atoms with E-state index in [4.69, 9.17) is 4.74 Å². The van der Waals surface area contributed by atoms with Gasteiger partial charge in [0.25, 0.3) is 0 Å². The molecule has 0 amide bonds. The van der Waals surface area contributed by atoms with Crippen molar-refractivity contribution in [3.8, 4) is 0 Å². The molecule has 2 aliphatic rings. The van der Waals surface area contributed by atoms with Crippen molar-refractivity contribution in [2.24, 2.45) is 11.3 Å². The van der Waals surface area contributed by atoms with Gasteiger partial charge in [-0.3, -0.25) is 14.5 Å². The number of likely N-dealkylation sites (N-methyl/N-ethyl adjacent to an activating group) is 1. The van der Waals surface area contributed by atoms with Crippen molar-refractivity contribution in [1.29, 1.82) is 0 Å². The Labute approximate surface area is 132 Å². The number of ketones is 1. The van der Waals surface area contributed by atoms with Crippen LogP contribution in [0.4, 0.5) is 0 Å². The molecular formula is C18H25NO3. The van der Waals surface area contributed by atoms with Crippen LogP contribution in [0.5, 0.6) is 0 Å². The zero-order chi connectivity index (χ0) is 16.5. The Hall–Kier alpha value is -1.68. The normalized spacial score (nSPS) is 31.3. The van der Waals surface area contributed by atoms with Gasteiger partial charge in [0.1, 0.15) is 0 Å². The van der Waals surface area contributed by atoms with E-state index in [-0.39, 0.29) is 23.7 Å². The minimum Gasteiger partial charge on any atom is -0.434 e. The number of ether oxygens (including phenoxy) is 1. The molecule has 1 saturated carbocycles. The molecule has 22 heavy (non-hydrogen) atoms. The maximum atomic E-state index is 12.6. The molecule has 1 heterocycles. The summed E-state index contributed by atoms with van der Waals surface area (Å²) in [4.78, 5) is 26.1. The van der Waals surface area contributed by atoms with Gasteiger partial charge in [0.05, 0.1) is 23.6 Å². The lowest BCUT2D eigenvalue weighted by Gasteiger charge is -2.48. The summed E-state index contributed by atoms with van der Waals surface area (Å²) in [5.74, 6) is -0.124. The summed E-state index contributed by atoms with van der Waals surface area (Å²) in [6, 6.07) is -0.0675. The van der Waals surface area contributed by atoms with E-state index in [0.717, 1.165) is 24.1 Å². The predicted molar refractivity (Wildman–Crippen MR) is 86.1 cm³/mol. The maximum absolute atomic E-state index is 12.6. The monoisotopic (exact) mass is 303 g/mol. The summed E-state index contributed by atoms with van der Waals surface area (Å²) in [5.41, 5.74) is 1.51. The van der Waals surface area contributed by atoms with Crippen LogP contribution in [0.1, 0.15) is 33.6 Å². The Morgan fingerprint density at radius 3 is 2.82 bits per heavy atom. The molecule has 1 aliphatic carbocycles. The molecule has 2 atom stereocenters. The van der Waals surface area contributed by atoms with Crippen molar-refractivity contribution in [3.05, 3.63) is 36.1 Å². The number of allylic oxidation sites excluding steroid dienone is 3. The number of nitrogens with zero attached hydrogens (tertiary/aromatic N) is 1. The van der Waals surface area contributed by atoms with Gasteiger partial charge in [-0.15, -0.1) is 0 Å². The number of fused-ring (bicyclic) bond motifs is 2. The number of esters is 1. The fraction of sp³-hybridized carbons (Fsp3) is 0.556. The lowest BCUT2D eigenvalue weighted by molar-refractivity contribution is -0.141. The highest BCUT2D eigenvalue weighted by molar-refractivity contribution is 5.96. The molecule has 2 bridgehead atoms. The van der Waals surface area contributed by atoms with Crippen LogP contribution in [0.15, 0.2) is 36.1 Å². The Morgan fingerprint density at radius 2 is 2.18 bits per heavy atom. The largest absolute Gasteiger partial charge is 0.434 e. The first kappa shape index (κ1) is 16.7. The lowest BCUT2D eigenvalue weighted by atomic mass is 9.63. The zero-order valence-electron chi connectivity index (χ0n) is 13.9. The number of hydrogen-bond acceptors (Lipinski definition) is 4. The first-order valence-corrected chi connectivity index (χ1v) is 7.78. The Morgan fingerprint density at radius 1 is 1.50 bits per heavy atom.